The molecular formula is C18H20N6O3S. The van der Waals surface area contributed by atoms with Crippen molar-refractivity contribution in [3.63, 3.8) is 0 Å². The van der Waals surface area contributed by atoms with E-state index in [1.165, 1.54) is 11.8 Å². The third kappa shape index (κ3) is 2.88. The quantitative estimate of drug-likeness (QED) is 0.605. The Morgan fingerprint density at radius 3 is 2.93 bits per heavy atom. The lowest BCUT2D eigenvalue weighted by molar-refractivity contribution is 0.0394. The summed E-state index contributed by atoms with van der Waals surface area (Å²) in [6.07, 6.45) is 7.44. The number of hydrogen-bond donors (Lipinski definition) is 0. The van der Waals surface area contributed by atoms with Gasteiger partial charge >= 0.3 is 0 Å². The molecule has 9 nitrogen and oxygen atoms in total. The van der Waals surface area contributed by atoms with Crippen LogP contribution in [0.5, 0.6) is 0 Å². The number of nitrogens with zero attached hydrogens (tertiary/aromatic N) is 6. The van der Waals surface area contributed by atoms with Gasteiger partial charge in [-0.2, -0.15) is 5.10 Å². The molecular weight excluding hydrogens is 380 g/mol. The van der Waals surface area contributed by atoms with E-state index in [4.69, 9.17) is 14.5 Å². The number of ether oxygens (including phenoxy) is 2. The lowest BCUT2D eigenvalue weighted by Crippen LogP contribution is -2.39. The molecule has 10 heteroatoms. The molecule has 28 heavy (non-hydrogen) atoms. The predicted molar refractivity (Wildman–Crippen MR) is 104 cm³/mol. The van der Waals surface area contributed by atoms with Gasteiger partial charge in [-0.3, -0.25) is 13.9 Å². The zero-order valence-electron chi connectivity index (χ0n) is 15.7. The third-order valence-electron chi connectivity index (χ3n) is 5.11. The summed E-state index contributed by atoms with van der Waals surface area (Å²) in [7, 11) is 1.89. The highest BCUT2D eigenvalue weighted by Gasteiger charge is 2.26. The van der Waals surface area contributed by atoms with Gasteiger partial charge in [-0.1, -0.05) is 0 Å². The molecule has 2 aliphatic heterocycles. The smallest absolute Gasteiger partial charge is 0.263 e. The Labute approximate surface area is 165 Å². The zero-order valence-corrected chi connectivity index (χ0v) is 16.5. The van der Waals surface area contributed by atoms with Crippen molar-refractivity contribution in [1.82, 2.24) is 24.1 Å². The molecule has 0 N–H and O–H groups in total. The van der Waals surface area contributed by atoms with Crippen molar-refractivity contribution >= 4 is 23.2 Å². The SMILES string of the molecule is CSc1nc(N2CCO[C@@H](c3cnn(C)c3)C2)cn2c(=O)c3c(nc12)COC3. The fraction of sp³-hybridized carbons (Fsp3) is 0.444. The molecule has 3 aromatic heterocycles. The van der Waals surface area contributed by atoms with E-state index in [9.17, 15) is 4.79 Å². The molecule has 0 saturated carbocycles. The van der Waals surface area contributed by atoms with Crippen LogP contribution in [-0.2, 0) is 29.7 Å². The summed E-state index contributed by atoms with van der Waals surface area (Å²) in [5.74, 6) is 0.747. The number of morpholine rings is 1. The van der Waals surface area contributed by atoms with Crippen molar-refractivity contribution in [1.29, 1.82) is 0 Å². The minimum atomic E-state index is -0.0825. The summed E-state index contributed by atoms with van der Waals surface area (Å²) >= 11 is 1.49. The van der Waals surface area contributed by atoms with Crippen molar-refractivity contribution in [2.75, 3.05) is 30.9 Å². The molecule has 0 aliphatic carbocycles. The fourth-order valence-corrected chi connectivity index (χ4v) is 4.16. The summed E-state index contributed by atoms with van der Waals surface area (Å²) in [5.41, 5.74) is 2.90. The number of aromatic nitrogens is 5. The molecule has 1 fully saturated rings. The third-order valence-corrected chi connectivity index (χ3v) is 5.77. The van der Waals surface area contributed by atoms with Crippen LogP contribution in [0.2, 0.25) is 0 Å². The van der Waals surface area contributed by atoms with Gasteiger partial charge in [-0.15, -0.1) is 11.8 Å². The molecule has 5 heterocycles. The van der Waals surface area contributed by atoms with E-state index in [2.05, 4.69) is 15.0 Å². The Balaban J connectivity index is 1.56. The van der Waals surface area contributed by atoms with E-state index < -0.39 is 0 Å². The van der Waals surface area contributed by atoms with Gasteiger partial charge in [-0.05, 0) is 6.26 Å². The Morgan fingerprint density at radius 2 is 2.14 bits per heavy atom. The van der Waals surface area contributed by atoms with Crippen molar-refractivity contribution in [2.24, 2.45) is 7.05 Å². The number of rotatable bonds is 3. The fourth-order valence-electron chi connectivity index (χ4n) is 3.65. The summed E-state index contributed by atoms with van der Waals surface area (Å²) in [6.45, 7) is 2.64. The summed E-state index contributed by atoms with van der Waals surface area (Å²) in [5, 5.41) is 4.97. The van der Waals surface area contributed by atoms with Crippen LogP contribution in [0, 0.1) is 0 Å². The molecule has 146 valence electrons. The number of fused-ring (bicyclic) bond motifs is 2. The van der Waals surface area contributed by atoms with Gasteiger partial charge in [0.1, 0.15) is 16.9 Å². The first-order valence-corrected chi connectivity index (χ1v) is 10.3. The molecule has 0 aromatic carbocycles. The molecule has 0 radical (unpaired) electrons. The molecule has 0 unspecified atom stereocenters. The van der Waals surface area contributed by atoms with Crippen LogP contribution in [-0.4, -0.2) is 50.1 Å². The van der Waals surface area contributed by atoms with Crippen LogP contribution in [0.4, 0.5) is 5.82 Å². The van der Waals surface area contributed by atoms with E-state index in [-0.39, 0.29) is 11.7 Å². The number of aryl methyl sites for hydroxylation is 1. The standard InChI is InChI=1S/C18H20N6O3S/c1-22-6-11(5-19-22)14-7-23(3-4-27-14)15-8-24-16(17(21-15)28-2)20-13-10-26-9-12(13)18(24)25/h5-6,8,14H,3-4,7,9-10H2,1-2H3/t14-/m1/s1. The first-order chi connectivity index (χ1) is 13.6. The van der Waals surface area contributed by atoms with Crippen molar-refractivity contribution < 1.29 is 9.47 Å². The number of anilines is 1. The molecule has 0 bridgehead atoms. The Morgan fingerprint density at radius 1 is 1.25 bits per heavy atom. The van der Waals surface area contributed by atoms with Crippen molar-refractivity contribution in [3.05, 3.63) is 45.8 Å². The van der Waals surface area contributed by atoms with Gasteiger partial charge < -0.3 is 14.4 Å². The molecule has 5 rings (SSSR count). The first-order valence-electron chi connectivity index (χ1n) is 9.06. The molecule has 0 spiro atoms. The second-order valence-electron chi connectivity index (χ2n) is 6.89. The maximum absolute atomic E-state index is 13.0. The topological polar surface area (TPSA) is 86.8 Å². The maximum atomic E-state index is 13.0. The second-order valence-corrected chi connectivity index (χ2v) is 7.68. The summed E-state index contributed by atoms with van der Waals surface area (Å²) in [4.78, 5) is 24.5. The average molecular weight is 400 g/mol. The number of thioether (sulfide) groups is 1. The largest absolute Gasteiger partial charge is 0.370 e. The van der Waals surface area contributed by atoms with Gasteiger partial charge in [0.25, 0.3) is 5.56 Å². The second kappa shape index (κ2) is 6.87. The molecule has 3 aromatic rings. The van der Waals surface area contributed by atoms with E-state index in [1.54, 1.807) is 15.3 Å². The van der Waals surface area contributed by atoms with Gasteiger partial charge in [0.2, 0.25) is 0 Å². The van der Waals surface area contributed by atoms with Crippen LogP contribution in [0.1, 0.15) is 22.9 Å². The highest BCUT2D eigenvalue weighted by molar-refractivity contribution is 7.98. The van der Waals surface area contributed by atoms with Gasteiger partial charge in [0, 0.05) is 25.4 Å². The predicted octanol–water partition coefficient (Wildman–Crippen LogP) is 1.15. The lowest BCUT2D eigenvalue weighted by Gasteiger charge is -2.33. The van der Waals surface area contributed by atoms with Gasteiger partial charge in [0.05, 0.1) is 50.0 Å². The summed E-state index contributed by atoms with van der Waals surface area (Å²) < 4.78 is 14.7. The highest BCUT2D eigenvalue weighted by Crippen LogP contribution is 2.28. The van der Waals surface area contributed by atoms with E-state index in [0.717, 1.165) is 22.1 Å². The van der Waals surface area contributed by atoms with Gasteiger partial charge in [-0.25, -0.2) is 9.97 Å². The zero-order chi connectivity index (χ0) is 19.3. The average Bonchev–Trinajstić information content (AvgIpc) is 3.37. The van der Waals surface area contributed by atoms with Crippen LogP contribution < -0.4 is 10.5 Å². The van der Waals surface area contributed by atoms with Crippen molar-refractivity contribution in [3.8, 4) is 0 Å². The lowest BCUT2D eigenvalue weighted by atomic mass is 10.1. The normalized spacial score (nSPS) is 19.4. The van der Waals surface area contributed by atoms with E-state index in [1.807, 2.05) is 25.7 Å². The molecule has 2 aliphatic rings. The van der Waals surface area contributed by atoms with Crippen LogP contribution in [0.25, 0.3) is 5.65 Å². The minimum absolute atomic E-state index is 0.0754. The maximum Gasteiger partial charge on any atom is 0.263 e. The summed E-state index contributed by atoms with van der Waals surface area (Å²) in [6, 6.07) is 0. The van der Waals surface area contributed by atoms with E-state index >= 15 is 0 Å². The first kappa shape index (κ1) is 17.7. The van der Waals surface area contributed by atoms with Crippen LogP contribution in [0.3, 0.4) is 0 Å². The monoisotopic (exact) mass is 400 g/mol. The molecule has 0 amide bonds. The number of hydrogen-bond acceptors (Lipinski definition) is 8. The molecule has 1 saturated heterocycles. The van der Waals surface area contributed by atoms with Crippen molar-refractivity contribution in [2.45, 2.75) is 24.3 Å². The Bertz CT molecular complexity index is 1110. The van der Waals surface area contributed by atoms with Crippen LogP contribution >= 0.6 is 11.8 Å². The minimum Gasteiger partial charge on any atom is -0.370 e. The van der Waals surface area contributed by atoms with Crippen LogP contribution in [0.15, 0.2) is 28.4 Å². The Kier molecular flexibility index (Phi) is 4.33. The van der Waals surface area contributed by atoms with Gasteiger partial charge in [0.15, 0.2) is 5.65 Å². The molecule has 1 atom stereocenters. The van der Waals surface area contributed by atoms with E-state index in [0.29, 0.717) is 44.1 Å². The highest BCUT2D eigenvalue weighted by atomic mass is 32.2. The Hall–Kier alpha value is -2.43.